The number of anilines is 1. The van der Waals surface area contributed by atoms with Gasteiger partial charge in [0, 0.05) is 18.2 Å². The van der Waals surface area contributed by atoms with Gasteiger partial charge in [-0.3, -0.25) is 0 Å². The van der Waals surface area contributed by atoms with Crippen LogP contribution in [-0.4, -0.2) is 17.6 Å². The second-order valence-corrected chi connectivity index (χ2v) is 3.77. The molecule has 88 valence electrons. The molecule has 0 aliphatic heterocycles. The minimum absolute atomic E-state index is 0.0876. The largest absolute Gasteiger partial charge is 0.409 e. The van der Waals surface area contributed by atoms with E-state index >= 15 is 0 Å². The highest BCUT2D eigenvalue weighted by Crippen LogP contribution is 2.13. The van der Waals surface area contributed by atoms with Gasteiger partial charge in [0.05, 0.1) is 0 Å². The fraction of sp³-hybridized carbons (Fsp3) is 0.364. The molecule has 0 saturated carbocycles. The number of aryl methyl sites for hydroxylation is 1. The Labute approximate surface area is 94.0 Å². The molecule has 16 heavy (non-hydrogen) atoms. The molecule has 1 aromatic rings. The Morgan fingerprint density at radius 2 is 2.31 bits per heavy atom. The monoisotopic (exact) mass is 225 g/mol. The van der Waals surface area contributed by atoms with Gasteiger partial charge in [0.25, 0.3) is 0 Å². The molecular formula is C11H16FN3O. The van der Waals surface area contributed by atoms with Crippen LogP contribution in [0, 0.1) is 18.7 Å². The molecule has 1 aromatic carbocycles. The number of nitrogens with zero attached hydrogens (tertiary/aromatic N) is 1. The van der Waals surface area contributed by atoms with Gasteiger partial charge in [-0.2, -0.15) is 0 Å². The standard InChI is InChI=1S/C11H16FN3O/c1-7-5-9(3-4-10(7)12)14-6-8(2)11(13)15-16/h3-5,8,14,16H,6H2,1-2H3,(H2,13,15). The van der Waals surface area contributed by atoms with Crippen molar-refractivity contribution in [2.45, 2.75) is 13.8 Å². The van der Waals surface area contributed by atoms with Gasteiger partial charge < -0.3 is 16.3 Å². The van der Waals surface area contributed by atoms with E-state index in [2.05, 4.69) is 10.5 Å². The smallest absolute Gasteiger partial charge is 0.143 e. The number of rotatable bonds is 4. The molecule has 0 fully saturated rings. The Hall–Kier alpha value is -1.78. The number of oxime groups is 1. The highest BCUT2D eigenvalue weighted by Gasteiger charge is 2.07. The Balaban J connectivity index is 2.58. The zero-order valence-electron chi connectivity index (χ0n) is 9.37. The van der Waals surface area contributed by atoms with Gasteiger partial charge in [-0.25, -0.2) is 4.39 Å². The van der Waals surface area contributed by atoms with Gasteiger partial charge >= 0.3 is 0 Å². The quantitative estimate of drug-likeness (QED) is 0.317. The lowest BCUT2D eigenvalue weighted by atomic mass is 10.1. The molecule has 4 N–H and O–H groups in total. The summed E-state index contributed by atoms with van der Waals surface area (Å²) >= 11 is 0. The molecular weight excluding hydrogens is 209 g/mol. The van der Waals surface area contributed by atoms with Crippen molar-refractivity contribution in [3.63, 3.8) is 0 Å². The van der Waals surface area contributed by atoms with E-state index in [0.717, 1.165) is 5.69 Å². The first kappa shape index (κ1) is 12.3. The van der Waals surface area contributed by atoms with Crippen LogP contribution in [0.15, 0.2) is 23.4 Å². The van der Waals surface area contributed by atoms with Crippen molar-refractivity contribution in [1.82, 2.24) is 0 Å². The fourth-order valence-corrected chi connectivity index (χ4v) is 1.23. The number of hydrogen-bond acceptors (Lipinski definition) is 3. The minimum Gasteiger partial charge on any atom is -0.409 e. The summed E-state index contributed by atoms with van der Waals surface area (Å²) in [6.07, 6.45) is 0. The Kier molecular flexibility index (Phi) is 4.10. The van der Waals surface area contributed by atoms with Crippen LogP contribution in [0.25, 0.3) is 0 Å². The highest BCUT2D eigenvalue weighted by atomic mass is 19.1. The highest BCUT2D eigenvalue weighted by molar-refractivity contribution is 5.82. The van der Waals surface area contributed by atoms with Crippen LogP contribution < -0.4 is 11.1 Å². The van der Waals surface area contributed by atoms with E-state index in [1.807, 2.05) is 6.92 Å². The second-order valence-electron chi connectivity index (χ2n) is 3.77. The third-order valence-electron chi connectivity index (χ3n) is 2.39. The first-order valence-electron chi connectivity index (χ1n) is 5.02. The molecule has 4 nitrogen and oxygen atoms in total. The zero-order valence-corrected chi connectivity index (χ0v) is 9.37. The summed E-state index contributed by atoms with van der Waals surface area (Å²) in [6, 6.07) is 4.78. The maximum Gasteiger partial charge on any atom is 0.143 e. The average Bonchev–Trinajstić information content (AvgIpc) is 2.29. The van der Waals surface area contributed by atoms with Crippen LogP contribution in [0.5, 0.6) is 0 Å². The lowest BCUT2D eigenvalue weighted by molar-refractivity contribution is 0.315. The van der Waals surface area contributed by atoms with Crippen LogP contribution in [-0.2, 0) is 0 Å². The Morgan fingerprint density at radius 1 is 1.62 bits per heavy atom. The topological polar surface area (TPSA) is 70.6 Å². The average molecular weight is 225 g/mol. The molecule has 1 atom stereocenters. The van der Waals surface area contributed by atoms with Gasteiger partial charge in [-0.1, -0.05) is 12.1 Å². The van der Waals surface area contributed by atoms with Crippen molar-refractivity contribution < 1.29 is 9.60 Å². The van der Waals surface area contributed by atoms with Gasteiger partial charge in [0.1, 0.15) is 11.7 Å². The zero-order chi connectivity index (χ0) is 12.1. The van der Waals surface area contributed by atoms with E-state index in [0.29, 0.717) is 12.1 Å². The number of nitrogens with two attached hydrogens (primary N) is 1. The van der Waals surface area contributed by atoms with Crippen molar-refractivity contribution in [2.24, 2.45) is 16.8 Å². The van der Waals surface area contributed by atoms with Gasteiger partial charge in [-0.05, 0) is 30.7 Å². The molecule has 0 aromatic heterocycles. The summed E-state index contributed by atoms with van der Waals surface area (Å²) in [4.78, 5) is 0. The maximum absolute atomic E-state index is 13.0. The summed E-state index contributed by atoms with van der Waals surface area (Å²) < 4.78 is 13.0. The second kappa shape index (κ2) is 5.34. The van der Waals surface area contributed by atoms with Crippen LogP contribution in [0.3, 0.4) is 0 Å². The third-order valence-corrected chi connectivity index (χ3v) is 2.39. The van der Waals surface area contributed by atoms with Crippen LogP contribution in [0.1, 0.15) is 12.5 Å². The predicted molar refractivity (Wildman–Crippen MR) is 62.2 cm³/mol. The van der Waals surface area contributed by atoms with E-state index in [1.165, 1.54) is 6.07 Å². The Morgan fingerprint density at radius 3 is 2.88 bits per heavy atom. The van der Waals surface area contributed by atoms with Crippen LogP contribution >= 0.6 is 0 Å². The molecule has 0 radical (unpaired) electrons. The minimum atomic E-state index is -0.227. The Bertz CT molecular complexity index is 393. The molecule has 0 amide bonds. The van der Waals surface area contributed by atoms with E-state index in [-0.39, 0.29) is 17.6 Å². The molecule has 1 unspecified atom stereocenters. The van der Waals surface area contributed by atoms with Crippen molar-refractivity contribution in [3.05, 3.63) is 29.6 Å². The molecule has 0 saturated heterocycles. The van der Waals surface area contributed by atoms with Gasteiger partial charge in [0.2, 0.25) is 0 Å². The van der Waals surface area contributed by atoms with Gasteiger partial charge in [-0.15, -0.1) is 0 Å². The summed E-state index contributed by atoms with van der Waals surface area (Å²) in [6.45, 7) is 4.06. The molecule has 0 bridgehead atoms. The van der Waals surface area contributed by atoms with Crippen molar-refractivity contribution in [2.75, 3.05) is 11.9 Å². The molecule has 5 heteroatoms. The van der Waals surface area contributed by atoms with Crippen LogP contribution in [0.4, 0.5) is 10.1 Å². The first-order chi connectivity index (χ1) is 7.54. The van der Waals surface area contributed by atoms with E-state index in [9.17, 15) is 4.39 Å². The third kappa shape index (κ3) is 3.12. The lowest BCUT2D eigenvalue weighted by Crippen LogP contribution is -2.27. The number of benzene rings is 1. The normalized spacial score (nSPS) is 13.6. The summed E-state index contributed by atoms with van der Waals surface area (Å²) in [7, 11) is 0. The van der Waals surface area contributed by atoms with E-state index < -0.39 is 0 Å². The summed E-state index contributed by atoms with van der Waals surface area (Å²) in [5.41, 5.74) is 6.84. The summed E-state index contributed by atoms with van der Waals surface area (Å²) in [5.74, 6) is -0.142. The van der Waals surface area contributed by atoms with Crippen molar-refractivity contribution >= 4 is 11.5 Å². The van der Waals surface area contributed by atoms with E-state index in [4.69, 9.17) is 10.9 Å². The predicted octanol–water partition coefficient (Wildman–Crippen LogP) is 1.93. The summed E-state index contributed by atoms with van der Waals surface area (Å²) in [5, 5.41) is 14.5. The number of amidine groups is 1. The van der Waals surface area contributed by atoms with Crippen molar-refractivity contribution in [1.29, 1.82) is 0 Å². The maximum atomic E-state index is 13.0. The lowest BCUT2D eigenvalue weighted by Gasteiger charge is -2.12. The first-order valence-corrected chi connectivity index (χ1v) is 5.02. The SMILES string of the molecule is Cc1cc(NCC(C)C(N)=NO)ccc1F. The molecule has 0 aliphatic rings. The fourth-order valence-electron chi connectivity index (χ4n) is 1.23. The van der Waals surface area contributed by atoms with Crippen LogP contribution in [0.2, 0.25) is 0 Å². The van der Waals surface area contributed by atoms with E-state index in [1.54, 1.807) is 19.1 Å². The molecule has 0 spiro atoms. The number of halogens is 1. The number of nitrogens with one attached hydrogen (secondary N) is 1. The van der Waals surface area contributed by atoms with Gasteiger partial charge in [0.15, 0.2) is 0 Å². The van der Waals surface area contributed by atoms with Crippen molar-refractivity contribution in [3.8, 4) is 0 Å². The molecule has 0 aliphatic carbocycles. The molecule has 1 rings (SSSR count). The number of hydrogen-bond donors (Lipinski definition) is 3. The molecule has 0 heterocycles.